The number of anilines is 2. The Morgan fingerprint density at radius 3 is 2.55 bits per heavy atom. The zero-order chi connectivity index (χ0) is 22.2. The van der Waals surface area contributed by atoms with E-state index in [0.717, 1.165) is 21.7 Å². The first kappa shape index (κ1) is 21.9. The van der Waals surface area contributed by atoms with Crippen LogP contribution in [0.1, 0.15) is 24.0 Å². The molecule has 2 aromatic rings. The second-order valence-corrected chi connectivity index (χ2v) is 10.9. The van der Waals surface area contributed by atoms with Crippen LogP contribution >= 0.6 is 11.8 Å². The van der Waals surface area contributed by atoms with E-state index >= 15 is 0 Å². The fourth-order valence-electron chi connectivity index (χ4n) is 3.79. The number of carbonyl (C=O) groups excluding carboxylic acids is 2. The lowest BCUT2D eigenvalue weighted by Crippen LogP contribution is -2.41. The fourth-order valence-corrected chi connectivity index (χ4v) is 6.08. The molecule has 2 aliphatic heterocycles. The number of hydrogen-bond acceptors (Lipinski definition) is 5. The Hall–Kier alpha value is -2.36. The third-order valence-corrected chi connectivity index (χ3v) is 8.79. The number of aryl methyl sites for hydroxylation is 2. The van der Waals surface area contributed by atoms with Crippen LogP contribution in [0.25, 0.3) is 0 Å². The van der Waals surface area contributed by atoms with Crippen molar-refractivity contribution >= 4 is 45.0 Å². The van der Waals surface area contributed by atoms with E-state index in [4.69, 9.17) is 0 Å². The number of fused-ring (bicyclic) bond motifs is 1. The average Bonchev–Trinajstić information content (AvgIpc) is 2.75. The highest BCUT2D eigenvalue weighted by molar-refractivity contribution is 8.00. The van der Waals surface area contributed by atoms with Gasteiger partial charge in [-0.15, -0.1) is 11.8 Å². The summed E-state index contributed by atoms with van der Waals surface area (Å²) in [5, 5.41) is 5.69. The van der Waals surface area contributed by atoms with Gasteiger partial charge in [0, 0.05) is 29.6 Å². The molecule has 0 saturated carbocycles. The summed E-state index contributed by atoms with van der Waals surface area (Å²) in [7, 11) is -3.69. The van der Waals surface area contributed by atoms with E-state index in [1.807, 2.05) is 32.0 Å². The molecule has 0 unspecified atom stereocenters. The van der Waals surface area contributed by atoms with Crippen molar-refractivity contribution < 1.29 is 18.0 Å². The molecular weight excluding hydrogens is 434 g/mol. The summed E-state index contributed by atoms with van der Waals surface area (Å²) in [6.45, 7) is 4.59. The largest absolute Gasteiger partial charge is 0.326 e. The maximum Gasteiger partial charge on any atom is 0.243 e. The molecule has 2 aromatic carbocycles. The number of carbonyl (C=O) groups is 2. The normalized spacial score (nSPS) is 17.7. The van der Waals surface area contributed by atoms with Gasteiger partial charge in [-0.05, 0) is 68.1 Å². The van der Waals surface area contributed by atoms with Crippen molar-refractivity contribution in [3.63, 3.8) is 0 Å². The summed E-state index contributed by atoms with van der Waals surface area (Å²) in [6, 6.07) is 10.6. The minimum absolute atomic E-state index is 0.0752. The number of nitrogens with one attached hydrogen (secondary N) is 2. The molecule has 2 amide bonds. The van der Waals surface area contributed by atoms with Crippen LogP contribution in [-0.4, -0.2) is 43.4 Å². The minimum Gasteiger partial charge on any atom is -0.326 e. The van der Waals surface area contributed by atoms with Gasteiger partial charge in [-0.2, -0.15) is 4.31 Å². The maximum atomic E-state index is 13.1. The van der Waals surface area contributed by atoms with Crippen molar-refractivity contribution in [3.05, 3.63) is 47.5 Å². The number of amides is 2. The Labute approximate surface area is 186 Å². The van der Waals surface area contributed by atoms with Crippen LogP contribution in [0.15, 0.2) is 46.2 Å². The Balaban J connectivity index is 1.41. The van der Waals surface area contributed by atoms with Gasteiger partial charge in [-0.1, -0.05) is 6.07 Å². The molecule has 4 rings (SSSR count). The van der Waals surface area contributed by atoms with Crippen molar-refractivity contribution in [1.82, 2.24) is 4.31 Å². The maximum absolute atomic E-state index is 13.1. The summed E-state index contributed by atoms with van der Waals surface area (Å²) in [4.78, 5) is 25.3. The molecule has 2 heterocycles. The highest BCUT2D eigenvalue weighted by Gasteiger charge is 2.33. The number of benzene rings is 2. The third kappa shape index (κ3) is 4.63. The minimum atomic E-state index is -3.69. The number of thioether (sulfide) groups is 1. The number of rotatable bonds is 4. The van der Waals surface area contributed by atoms with Gasteiger partial charge >= 0.3 is 0 Å². The molecule has 7 nitrogen and oxygen atoms in total. The highest BCUT2D eigenvalue weighted by Crippen LogP contribution is 2.34. The molecule has 2 aliphatic rings. The lowest BCUT2D eigenvalue weighted by molar-refractivity contribution is -0.121. The van der Waals surface area contributed by atoms with E-state index in [2.05, 4.69) is 10.6 Å². The summed E-state index contributed by atoms with van der Waals surface area (Å²) in [5.74, 6) is -0.111. The van der Waals surface area contributed by atoms with Crippen molar-refractivity contribution in [2.24, 2.45) is 5.92 Å². The first-order chi connectivity index (χ1) is 14.7. The monoisotopic (exact) mass is 459 g/mol. The van der Waals surface area contributed by atoms with E-state index in [9.17, 15) is 18.0 Å². The second-order valence-electron chi connectivity index (χ2n) is 7.96. The van der Waals surface area contributed by atoms with Gasteiger partial charge in [0.05, 0.1) is 16.3 Å². The number of sulfonamides is 1. The fraction of sp³-hybridized carbons (Fsp3) is 0.364. The zero-order valence-electron chi connectivity index (χ0n) is 17.5. The van der Waals surface area contributed by atoms with Crippen LogP contribution in [0.3, 0.4) is 0 Å². The number of hydrogen-bond donors (Lipinski definition) is 2. The summed E-state index contributed by atoms with van der Waals surface area (Å²) >= 11 is 1.39. The average molecular weight is 460 g/mol. The Kier molecular flexibility index (Phi) is 6.09. The number of nitrogens with zero attached hydrogens (tertiary/aromatic N) is 1. The molecule has 0 spiro atoms. The molecule has 31 heavy (non-hydrogen) atoms. The predicted octanol–water partition coefficient (Wildman–Crippen LogP) is 3.39. The molecule has 2 N–H and O–H groups in total. The van der Waals surface area contributed by atoms with Crippen molar-refractivity contribution in [2.75, 3.05) is 29.5 Å². The summed E-state index contributed by atoms with van der Waals surface area (Å²) in [6.07, 6.45) is 0.931. The molecule has 9 heteroatoms. The Morgan fingerprint density at radius 2 is 1.84 bits per heavy atom. The van der Waals surface area contributed by atoms with Gasteiger partial charge in [0.15, 0.2) is 0 Å². The smallest absolute Gasteiger partial charge is 0.243 e. The summed E-state index contributed by atoms with van der Waals surface area (Å²) < 4.78 is 27.6. The highest BCUT2D eigenvalue weighted by atomic mass is 32.2. The van der Waals surface area contributed by atoms with Gasteiger partial charge < -0.3 is 10.6 Å². The van der Waals surface area contributed by atoms with Crippen molar-refractivity contribution in [1.29, 1.82) is 0 Å². The number of piperidine rings is 1. The molecular formula is C22H25N3O4S2. The summed E-state index contributed by atoms with van der Waals surface area (Å²) in [5.41, 5.74) is 3.57. The molecule has 164 valence electrons. The van der Waals surface area contributed by atoms with Gasteiger partial charge in [0.1, 0.15) is 0 Å². The van der Waals surface area contributed by atoms with E-state index in [0.29, 0.717) is 24.3 Å². The van der Waals surface area contributed by atoms with Gasteiger partial charge in [0.25, 0.3) is 0 Å². The quantitative estimate of drug-likeness (QED) is 0.731. The van der Waals surface area contributed by atoms with E-state index in [-0.39, 0.29) is 35.7 Å². The van der Waals surface area contributed by atoms with E-state index in [1.54, 1.807) is 12.1 Å². The SMILES string of the molecule is Cc1ccc(NC(=O)C2CCN(S(=O)(=O)c3ccc4c(c3)NC(=O)CS4)CC2)cc1C. The van der Waals surface area contributed by atoms with Crippen LogP contribution in [0.5, 0.6) is 0 Å². The molecule has 0 aromatic heterocycles. The first-order valence-electron chi connectivity index (χ1n) is 10.2. The van der Waals surface area contributed by atoms with E-state index < -0.39 is 10.0 Å². The van der Waals surface area contributed by atoms with Crippen LogP contribution in [0.4, 0.5) is 11.4 Å². The second kappa shape index (κ2) is 8.64. The Bertz CT molecular complexity index is 1140. The van der Waals surface area contributed by atoms with Crippen molar-refractivity contribution in [2.45, 2.75) is 36.5 Å². The molecule has 0 atom stereocenters. The van der Waals surface area contributed by atoms with E-state index in [1.165, 1.54) is 22.1 Å². The Morgan fingerprint density at radius 1 is 1.10 bits per heavy atom. The predicted molar refractivity (Wildman–Crippen MR) is 122 cm³/mol. The lowest BCUT2D eigenvalue weighted by atomic mass is 9.97. The molecule has 0 radical (unpaired) electrons. The van der Waals surface area contributed by atoms with Gasteiger partial charge in [-0.3, -0.25) is 9.59 Å². The first-order valence-corrected chi connectivity index (χ1v) is 12.6. The molecule has 1 fully saturated rings. The standard InChI is InChI=1S/C22H25N3O4S2/c1-14-3-4-17(11-15(14)2)23-22(27)16-7-9-25(10-8-16)31(28,29)18-5-6-20-19(12-18)24-21(26)13-30-20/h3-6,11-12,16H,7-10,13H2,1-2H3,(H,23,27)(H,24,26). The van der Waals surface area contributed by atoms with Crippen LogP contribution in [0, 0.1) is 19.8 Å². The topological polar surface area (TPSA) is 95.6 Å². The van der Waals surface area contributed by atoms with Gasteiger partial charge in [-0.25, -0.2) is 8.42 Å². The molecule has 0 aliphatic carbocycles. The lowest BCUT2D eigenvalue weighted by Gasteiger charge is -2.31. The van der Waals surface area contributed by atoms with Crippen LogP contribution in [-0.2, 0) is 19.6 Å². The van der Waals surface area contributed by atoms with Crippen molar-refractivity contribution in [3.8, 4) is 0 Å². The molecule has 0 bridgehead atoms. The molecule has 1 saturated heterocycles. The van der Waals surface area contributed by atoms with Crippen LogP contribution in [0.2, 0.25) is 0 Å². The van der Waals surface area contributed by atoms with Crippen LogP contribution < -0.4 is 10.6 Å². The zero-order valence-corrected chi connectivity index (χ0v) is 19.1. The van der Waals surface area contributed by atoms with Gasteiger partial charge in [0.2, 0.25) is 21.8 Å². The third-order valence-electron chi connectivity index (χ3n) is 5.82.